The largest absolute Gasteiger partial charge is 0.310 e. The fourth-order valence-electron chi connectivity index (χ4n) is 1.71. The second-order valence-corrected chi connectivity index (χ2v) is 6.34. The Labute approximate surface area is 122 Å². The molecule has 104 valence electrons. The second-order valence-electron chi connectivity index (χ2n) is 4.99. The zero-order valence-electron chi connectivity index (χ0n) is 11.5. The summed E-state index contributed by atoms with van der Waals surface area (Å²) in [5.41, 5.74) is 2.02. The van der Waals surface area contributed by atoms with E-state index in [0.717, 1.165) is 29.5 Å². The molecule has 4 nitrogen and oxygen atoms in total. The first-order chi connectivity index (χ1) is 9.06. The lowest BCUT2D eigenvalue weighted by atomic mass is 10.2. The van der Waals surface area contributed by atoms with E-state index >= 15 is 0 Å². The monoisotopic (exact) mass is 298 g/mol. The second kappa shape index (κ2) is 6.50. The van der Waals surface area contributed by atoms with Gasteiger partial charge in [0.05, 0.1) is 29.2 Å². The third-order valence-electron chi connectivity index (χ3n) is 2.78. The highest BCUT2D eigenvalue weighted by Gasteiger charge is 2.07. The fraction of sp³-hybridized carbons (Fsp3) is 0.538. The van der Waals surface area contributed by atoms with Gasteiger partial charge >= 0.3 is 0 Å². The third-order valence-corrected chi connectivity index (χ3v) is 4.05. The molecule has 2 heterocycles. The van der Waals surface area contributed by atoms with Gasteiger partial charge in [-0.1, -0.05) is 25.4 Å². The van der Waals surface area contributed by atoms with E-state index < -0.39 is 0 Å². The van der Waals surface area contributed by atoms with Crippen molar-refractivity contribution < 1.29 is 0 Å². The molecule has 0 spiro atoms. The number of hydrogen-bond acceptors (Lipinski definition) is 4. The molecule has 0 saturated heterocycles. The first-order valence-electron chi connectivity index (χ1n) is 6.38. The lowest BCUT2D eigenvalue weighted by Gasteiger charge is -2.04. The van der Waals surface area contributed by atoms with Crippen LogP contribution in [-0.4, -0.2) is 21.3 Å². The van der Waals surface area contributed by atoms with Crippen LogP contribution in [0.25, 0.3) is 0 Å². The molecule has 0 saturated carbocycles. The van der Waals surface area contributed by atoms with Crippen molar-refractivity contribution in [3.8, 4) is 0 Å². The van der Waals surface area contributed by atoms with E-state index in [4.69, 9.17) is 11.6 Å². The molecule has 0 radical (unpaired) electrons. The van der Waals surface area contributed by atoms with Crippen LogP contribution < -0.4 is 5.32 Å². The number of aromatic nitrogens is 3. The minimum Gasteiger partial charge on any atom is -0.310 e. The molecule has 0 aliphatic heterocycles. The van der Waals surface area contributed by atoms with E-state index in [-0.39, 0.29) is 0 Å². The van der Waals surface area contributed by atoms with Crippen LogP contribution in [0.15, 0.2) is 11.6 Å². The maximum Gasteiger partial charge on any atom is 0.107 e. The van der Waals surface area contributed by atoms with Crippen LogP contribution in [0.5, 0.6) is 0 Å². The van der Waals surface area contributed by atoms with Crippen molar-refractivity contribution in [2.45, 2.75) is 33.9 Å². The van der Waals surface area contributed by atoms with E-state index in [2.05, 4.69) is 34.6 Å². The van der Waals surface area contributed by atoms with E-state index in [1.54, 1.807) is 17.5 Å². The van der Waals surface area contributed by atoms with Gasteiger partial charge in [0.25, 0.3) is 0 Å². The van der Waals surface area contributed by atoms with Crippen LogP contribution >= 0.6 is 22.9 Å². The molecule has 2 rings (SSSR count). The molecule has 0 fully saturated rings. The maximum absolute atomic E-state index is 5.99. The quantitative estimate of drug-likeness (QED) is 0.891. The summed E-state index contributed by atoms with van der Waals surface area (Å²) in [6.45, 7) is 8.89. The van der Waals surface area contributed by atoms with Gasteiger partial charge in [-0.2, -0.15) is 5.10 Å². The maximum atomic E-state index is 5.99. The number of nitrogens with zero attached hydrogens (tertiary/aromatic N) is 3. The van der Waals surface area contributed by atoms with Crippen LogP contribution in [0.3, 0.4) is 0 Å². The molecule has 2 aromatic rings. The highest BCUT2D eigenvalue weighted by molar-refractivity contribution is 7.09. The predicted molar refractivity (Wildman–Crippen MR) is 79.7 cm³/mol. The lowest BCUT2D eigenvalue weighted by Crippen LogP contribution is -2.18. The van der Waals surface area contributed by atoms with Gasteiger partial charge in [-0.15, -0.1) is 11.3 Å². The van der Waals surface area contributed by atoms with Crippen molar-refractivity contribution in [3.63, 3.8) is 0 Å². The van der Waals surface area contributed by atoms with Crippen molar-refractivity contribution >= 4 is 22.9 Å². The van der Waals surface area contributed by atoms with Gasteiger partial charge in [0.15, 0.2) is 0 Å². The molecule has 0 aliphatic rings. The summed E-state index contributed by atoms with van der Waals surface area (Å²) in [6.07, 6.45) is 1.67. The highest BCUT2D eigenvalue weighted by Crippen LogP contribution is 2.16. The molecule has 0 aromatic carbocycles. The normalized spacial score (nSPS) is 11.4. The fourth-order valence-corrected chi connectivity index (χ4v) is 2.60. The van der Waals surface area contributed by atoms with Gasteiger partial charge in [-0.3, -0.25) is 4.68 Å². The number of nitrogens with one attached hydrogen (secondary N) is 1. The molecule has 1 N–H and O–H groups in total. The van der Waals surface area contributed by atoms with E-state index in [1.807, 2.05) is 11.6 Å². The van der Waals surface area contributed by atoms with Crippen LogP contribution in [-0.2, 0) is 13.1 Å². The topological polar surface area (TPSA) is 42.7 Å². The summed E-state index contributed by atoms with van der Waals surface area (Å²) in [5, 5.41) is 11.5. The number of thiazole rings is 1. The lowest BCUT2D eigenvalue weighted by molar-refractivity contribution is 0.550. The van der Waals surface area contributed by atoms with Crippen molar-refractivity contribution in [2.75, 3.05) is 6.54 Å². The summed E-state index contributed by atoms with van der Waals surface area (Å²) in [7, 11) is 0. The summed E-state index contributed by atoms with van der Waals surface area (Å²) in [5.74, 6) is 0.660. The Morgan fingerprint density at radius 3 is 2.89 bits per heavy atom. The van der Waals surface area contributed by atoms with Gasteiger partial charge in [-0.25, -0.2) is 4.98 Å². The van der Waals surface area contributed by atoms with E-state index in [9.17, 15) is 0 Å². The van der Waals surface area contributed by atoms with Gasteiger partial charge in [0, 0.05) is 11.9 Å². The molecular weight excluding hydrogens is 280 g/mol. The molecule has 0 atom stereocenters. The van der Waals surface area contributed by atoms with Crippen molar-refractivity contribution in [3.05, 3.63) is 33.0 Å². The third kappa shape index (κ3) is 4.03. The van der Waals surface area contributed by atoms with E-state index in [0.29, 0.717) is 17.5 Å². The van der Waals surface area contributed by atoms with Crippen molar-refractivity contribution in [2.24, 2.45) is 5.92 Å². The Hall–Kier alpha value is -0.910. The summed E-state index contributed by atoms with van der Waals surface area (Å²) >= 11 is 7.67. The first kappa shape index (κ1) is 14.5. The minimum atomic E-state index is 0.660. The average Bonchev–Trinajstić information content (AvgIpc) is 2.91. The Morgan fingerprint density at radius 1 is 1.47 bits per heavy atom. The smallest absolute Gasteiger partial charge is 0.107 e. The molecule has 0 bridgehead atoms. The molecule has 0 aliphatic carbocycles. The van der Waals surface area contributed by atoms with Crippen LogP contribution in [0, 0.1) is 12.8 Å². The number of hydrogen-bond donors (Lipinski definition) is 1. The summed E-state index contributed by atoms with van der Waals surface area (Å²) < 4.78 is 1.88. The van der Waals surface area contributed by atoms with Crippen LogP contribution in [0.2, 0.25) is 5.02 Å². The molecule has 6 heteroatoms. The molecule has 2 aromatic heterocycles. The predicted octanol–water partition coefficient (Wildman–Crippen LogP) is 3.10. The SMILES string of the molecule is Cc1c(Cl)cnn1Cc1csc(CNCC(C)C)n1. The number of halogens is 1. The summed E-state index contributed by atoms with van der Waals surface area (Å²) in [4.78, 5) is 4.60. The number of rotatable bonds is 6. The van der Waals surface area contributed by atoms with Gasteiger partial charge in [-0.05, 0) is 19.4 Å². The standard InChI is InChI=1S/C13H19ClN4S/c1-9(2)4-15-6-13-17-11(8-19-13)7-18-10(3)12(14)5-16-18/h5,8-9,15H,4,6-7H2,1-3H3. The Bertz CT molecular complexity index is 532. The van der Waals surface area contributed by atoms with Crippen LogP contribution in [0.4, 0.5) is 0 Å². The molecular formula is C13H19ClN4S. The summed E-state index contributed by atoms with van der Waals surface area (Å²) in [6, 6.07) is 0. The van der Waals surface area contributed by atoms with Gasteiger partial charge in [0.1, 0.15) is 5.01 Å². The first-order valence-corrected chi connectivity index (χ1v) is 7.64. The van der Waals surface area contributed by atoms with Gasteiger partial charge < -0.3 is 5.32 Å². The molecule has 19 heavy (non-hydrogen) atoms. The Balaban J connectivity index is 1.92. The molecule has 0 amide bonds. The van der Waals surface area contributed by atoms with Crippen molar-refractivity contribution in [1.29, 1.82) is 0 Å². The molecule has 0 unspecified atom stereocenters. The van der Waals surface area contributed by atoms with Gasteiger partial charge in [0.2, 0.25) is 0 Å². The Morgan fingerprint density at radius 2 is 2.26 bits per heavy atom. The Kier molecular flexibility index (Phi) is 4.96. The zero-order chi connectivity index (χ0) is 13.8. The average molecular weight is 299 g/mol. The minimum absolute atomic E-state index is 0.660. The zero-order valence-corrected chi connectivity index (χ0v) is 13.1. The van der Waals surface area contributed by atoms with E-state index in [1.165, 1.54) is 0 Å². The highest BCUT2D eigenvalue weighted by atomic mass is 35.5. The van der Waals surface area contributed by atoms with Crippen molar-refractivity contribution in [1.82, 2.24) is 20.1 Å². The van der Waals surface area contributed by atoms with Crippen LogP contribution in [0.1, 0.15) is 30.2 Å².